The molecule has 2 saturated heterocycles. The average molecular weight is 460 g/mol. The van der Waals surface area contributed by atoms with Gasteiger partial charge in [0.05, 0.1) is 41.6 Å². The molecule has 0 aromatic carbocycles. The van der Waals surface area contributed by atoms with Gasteiger partial charge < -0.3 is 25.4 Å². The van der Waals surface area contributed by atoms with Crippen LogP contribution in [0.5, 0.6) is 0 Å². The van der Waals surface area contributed by atoms with Crippen molar-refractivity contribution >= 4 is 29.1 Å². The fraction of sp³-hybridized carbons (Fsp3) is 0.522. The van der Waals surface area contributed by atoms with Crippen LogP contribution in [0.25, 0.3) is 11.3 Å². The Hall–Kier alpha value is -2.26. The van der Waals surface area contributed by atoms with Crippen molar-refractivity contribution in [2.75, 3.05) is 43.5 Å². The highest BCUT2D eigenvalue weighted by Crippen LogP contribution is 2.29. The number of carbonyl (C=O) groups is 1. The average Bonchev–Trinajstić information content (AvgIpc) is 2.80. The highest BCUT2D eigenvalue weighted by atomic mass is 35.5. The van der Waals surface area contributed by atoms with Crippen LogP contribution in [0.3, 0.4) is 0 Å². The lowest BCUT2D eigenvalue weighted by molar-refractivity contribution is -0.170. The minimum Gasteiger partial charge on any atom is -0.371 e. The molecule has 0 aliphatic carbocycles. The van der Waals surface area contributed by atoms with Crippen LogP contribution >= 0.6 is 11.6 Å². The number of nitrogens with zero attached hydrogens (tertiary/aromatic N) is 2. The van der Waals surface area contributed by atoms with Crippen molar-refractivity contribution in [2.24, 2.45) is 5.92 Å². The van der Waals surface area contributed by atoms with Crippen LogP contribution < -0.4 is 16.0 Å². The molecule has 2 fully saturated rings. The van der Waals surface area contributed by atoms with Gasteiger partial charge in [0.1, 0.15) is 11.6 Å². The number of halogens is 1. The summed E-state index contributed by atoms with van der Waals surface area (Å²) in [5, 5.41) is 9.95. The van der Waals surface area contributed by atoms with Crippen molar-refractivity contribution in [2.45, 2.75) is 38.4 Å². The lowest BCUT2D eigenvalue weighted by atomic mass is 9.99. The third kappa shape index (κ3) is 5.95. The molecule has 2 aromatic heterocycles. The molecular formula is C23H30ClN5O3. The maximum atomic E-state index is 12.6. The first-order valence-electron chi connectivity index (χ1n) is 11.0. The zero-order chi connectivity index (χ0) is 22.6. The van der Waals surface area contributed by atoms with Gasteiger partial charge in [0, 0.05) is 24.8 Å². The van der Waals surface area contributed by atoms with Crippen LogP contribution in [-0.4, -0.2) is 60.4 Å². The third-order valence-corrected chi connectivity index (χ3v) is 5.94. The van der Waals surface area contributed by atoms with Gasteiger partial charge in [0.15, 0.2) is 0 Å². The van der Waals surface area contributed by atoms with Crippen molar-refractivity contribution in [3.63, 3.8) is 0 Å². The zero-order valence-corrected chi connectivity index (χ0v) is 19.2. The van der Waals surface area contributed by atoms with E-state index in [1.165, 1.54) is 0 Å². The molecule has 4 heterocycles. The topological polar surface area (TPSA) is 97.4 Å². The second-order valence-electron chi connectivity index (χ2n) is 8.87. The zero-order valence-electron chi connectivity index (χ0n) is 18.5. The minimum atomic E-state index is -0.243. The van der Waals surface area contributed by atoms with Gasteiger partial charge in [-0.1, -0.05) is 17.7 Å². The number of ether oxygens (including phenoxy) is 2. The molecule has 9 heteroatoms. The first kappa shape index (κ1) is 22.9. The van der Waals surface area contributed by atoms with E-state index in [9.17, 15) is 4.79 Å². The monoisotopic (exact) mass is 459 g/mol. The van der Waals surface area contributed by atoms with Gasteiger partial charge in [0.25, 0.3) is 0 Å². The summed E-state index contributed by atoms with van der Waals surface area (Å²) in [5.74, 6) is 1.10. The first-order chi connectivity index (χ1) is 15.4. The van der Waals surface area contributed by atoms with Crippen LogP contribution in [-0.2, 0) is 14.3 Å². The standard InChI is InChI=1S/C23H30ClN5O3/c1-23(2)14-31-16(13-32-23)11-26-20-7-3-6-19(28-20)17-9-21(27-12-18(17)24)29-22(30)15-5-4-8-25-10-15/h3,6-7,9,12,15-16,25H,4-5,8,10-11,13-14H2,1-2H3,(H,26,28)(H,27,29,30). The quantitative estimate of drug-likeness (QED) is 0.609. The number of pyridine rings is 2. The number of hydrogen-bond donors (Lipinski definition) is 3. The normalized spacial score (nSPS) is 22.8. The fourth-order valence-electron chi connectivity index (χ4n) is 3.75. The summed E-state index contributed by atoms with van der Waals surface area (Å²) >= 11 is 6.41. The Morgan fingerprint density at radius 2 is 2.22 bits per heavy atom. The molecule has 1 amide bonds. The second kappa shape index (κ2) is 10.1. The molecular weight excluding hydrogens is 430 g/mol. The molecule has 0 bridgehead atoms. The van der Waals surface area contributed by atoms with Crippen LogP contribution in [0.2, 0.25) is 5.02 Å². The summed E-state index contributed by atoms with van der Waals surface area (Å²) in [7, 11) is 0. The number of aromatic nitrogens is 2. The number of anilines is 2. The van der Waals surface area contributed by atoms with E-state index in [0.717, 1.165) is 19.4 Å². The van der Waals surface area contributed by atoms with E-state index in [1.54, 1.807) is 12.3 Å². The molecule has 172 valence electrons. The smallest absolute Gasteiger partial charge is 0.229 e. The first-order valence-corrected chi connectivity index (χ1v) is 11.4. The van der Waals surface area contributed by atoms with Crippen molar-refractivity contribution < 1.29 is 14.3 Å². The Balaban J connectivity index is 1.41. The summed E-state index contributed by atoms with van der Waals surface area (Å²) in [6.45, 7) is 7.37. The molecule has 2 aliphatic rings. The van der Waals surface area contributed by atoms with E-state index in [4.69, 9.17) is 21.1 Å². The SMILES string of the molecule is CC1(C)COC(CNc2cccc(-c3cc(NC(=O)C4CCCNC4)ncc3Cl)n2)CO1. The van der Waals surface area contributed by atoms with Gasteiger partial charge in [-0.2, -0.15) is 0 Å². The Morgan fingerprint density at radius 3 is 2.97 bits per heavy atom. The van der Waals surface area contributed by atoms with Crippen molar-refractivity contribution in [3.8, 4) is 11.3 Å². The van der Waals surface area contributed by atoms with Crippen molar-refractivity contribution in [1.82, 2.24) is 15.3 Å². The van der Waals surface area contributed by atoms with E-state index < -0.39 is 0 Å². The largest absolute Gasteiger partial charge is 0.371 e. The Bertz CT molecular complexity index is 939. The second-order valence-corrected chi connectivity index (χ2v) is 9.28. The summed E-state index contributed by atoms with van der Waals surface area (Å²) < 4.78 is 11.7. The summed E-state index contributed by atoms with van der Waals surface area (Å²) in [5.41, 5.74) is 1.16. The Kier molecular flexibility index (Phi) is 7.25. The molecule has 4 rings (SSSR count). The number of amides is 1. The molecule has 0 saturated carbocycles. The van der Waals surface area contributed by atoms with Crippen LogP contribution in [0, 0.1) is 5.92 Å². The van der Waals surface area contributed by atoms with Gasteiger partial charge in [-0.25, -0.2) is 9.97 Å². The number of hydrogen-bond acceptors (Lipinski definition) is 7. The molecule has 2 aromatic rings. The third-order valence-electron chi connectivity index (χ3n) is 5.64. The van der Waals surface area contributed by atoms with E-state index in [0.29, 0.717) is 54.2 Å². The van der Waals surface area contributed by atoms with Gasteiger partial charge in [-0.05, 0) is 51.4 Å². The highest BCUT2D eigenvalue weighted by molar-refractivity contribution is 6.33. The number of piperidine rings is 1. The predicted octanol–water partition coefficient (Wildman–Crippen LogP) is 3.34. The molecule has 2 aliphatic heterocycles. The summed E-state index contributed by atoms with van der Waals surface area (Å²) in [4.78, 5) is 21.5. The molecule has 32 heavy (non-hydrogen) atoms. The number of carbonyl (C=O) groups excluding carboxylic acids is 1. The molecule has 2 atom stereocenters. The molecule has 0 radical (unpaired) electrons. The minimum absolute atomic E-state index is 0.0285. The van der Waals surface area contributed by atoms with Gasteiger partial charge >= 0.3 is 0 Å². The van der Waals surface area contributed by atoms with Crippen LogP contribution in [0.1, 0.15) is 26.7 Å². The van der Waals surface area contributed by atoms with Gasteiger partial charge in [-0.3, -0.25) is 4.79 Å². The highest BCUT2D eigenvalue weighted by Gasteiger charge is 2.28. The molecule has 0 spiro atoms. The van der Waals surface area contributed by atoms with E-state index in [1.807, 2.05) is 32.0 Å². The van der Waals surface area contributed by atoms with E-state index in [-0.39, 0.29) is 23.5 Å². The van der Waals surface area contributed by atoms with Crippen LogP contribution in [0.15, 0.2) is 30.5 Å². The molecule has 2 unspecified atom stereocenters. The van der Waals surface area contributed by atoms with Crippen molar-refractivity contribution in [1.29, 1.82) is 0 Å². The predicted molar refractivity (Wildman–Crippen MR) is 125 cm³/mol. The molecule has 8 nitrogen and oxygen atoms in total. The van der Waals surface area contributed by atoms with E-state index in [2.05, 4.69) is 25.9 Å². The maximum Gasteiger partial charge on any atom is 0.229 e. The van der Waals surface area contributed by atoms with Gasteiger partial charge in [0.2, 0.25) is 5.91 Å². The van der Waals surface area contributed by atoms with E-state index >= 15 is 0 Å². The van der Waals surface area contributed by atoms with Crippen LogP contribution in [0.4, 0.5) is 11.6 Å². The molecule has 3 N–H and O–H groups in total. The summed E-state index contributed by atoms with van der Waals surface area (Å²) in [6, 6.07) is 7.45. The fourth-order valence-corrected chi connectivity index (χ4v) is 3.95. The lowest BCUT2D eigenvalue weighted by Gasteiger charge is -2.35. The van der Waals surface area contributed by atoms with Gasteiger partial charge in [-0.15, -0.1) is 0 Å². The Morgan fingerprint density at radius 1 is 1.34 bits per heavy atom. The number of nitrogens with one attached hydrogen (secondary N) is 3. The Labute approximate surface area is 193 Å². The van der Waals surface area contributed by atoms with Crippen molar-refractivity contribution in [3.05, 3.63) is 35.5 Å². The maximum absolute atomic E-state index is 12.6. The number of rotatable bonds is 6. The summed E-state index contributed by atoms with van der Waals surface area (Å²) in [6.07, 6.45) is 3.38. The lowest BCUT2D eigenvalue weighted by Crippen LogP contribution is -2.44.